The molecule has 0 bridgehead atoms. The number of unbranched alkanes of at least 4 members (excludes halogenated alkanes) is 1. The molecule has 1 heterocycles. The molecule has 6 nitrogen and oxygen atoms in total. The molecule has 0 fully saturated rings. The van der Waals surface area contributed by atoms with Gasteiger partial charge in [0.2, 0.25) is 10.0 Å². The van der Waals surface area contributed by atoms with Crippen molar-refractivity contribution >= 4 is 37.5 Å². The van der Waals surface area contributed by atoms with Crippen molar-refractivity contribution in [3.63, 3.8) is 0 Å². The van der Waals surface area contributed by atoms with Crippen molar-refractivity contribution in [1.29, 1.82) is 0 Å². The van der Waals surface area contributed by atoms with Gasteiger partial charge in [0, 0.05) is 26.2 Å². The fourth-order valence-electron chi connectivity index (χ4n) is 2.79. The maximum atomic E-state index is 12.6. The molecule has 148 valence electrons. The average Bonchev–Trinajstić information content (AvgIpc) is 3.01. The summed E-state index contributed by atoms with van der Waals surface area (Å²) in [5.74, 6) is -0.398. The van der Waals surface area contributed by atoms with Crippen LogP contribution in [-0.4, -0.2) is 36.8 Å². The predicted octanol–water partition coefficient (Wildman–Crippen LogP) is 3.40. The van der Waals surface area contributed by atoms with Crippen molar-refractivity contribution in [3.05, 3.63) is 58.9 Å². The highest BCUT2D eigenvalue weighted by Crippen LogP contribution is 2.17. The van der Waals surface area contributed by atoms with Crippen molar-refractivity contribution in [2.45, 2.75) is 24.7 Å². The molecule has 0 atom stereocenters. The Balaban J connectivity index is 1.87. The zero-order valence-electron chi connectivity index (χ0n) is 16.1. The third kappa shape index (κ3) is 4.09. The van der Waals surface area contributed by atoms with Gasteiger partial charge in [-0.2, -0.15) is 4.99 Å². The molecule has 0 radical (unpaired) electrons. The Hall–Kier alpha value is -2.29. The van der Waals surface area contributed by atoms with E-state index in [9.17, 15) is 13.2 Å². The number of rotatable bonds is 6. The van der Waals surface area contributed by atoms with E-state index in [1.54, 1.807) is 7.05 Å². The summed E-state index contributed by atoms with van der Waals surface area (Å²) >= 11 is 1.44. The van der Waals surface area contributed by atoms with Crippen LogP contribution in [0.25, 0.3) is 10.2 Å². The van der Waals surface area contributed by atoms with Crippen LogP contribution in [0.15, 0.2) is 58.4 Å². The van der Waals surface area contributed by atoms with Crippen molar-refractivity contribution in [2.24, 2.45) is 12.0 Å². The first kappa shape index (κ1) is 20.4. The molecule has 28 heavy (non-hydrogen) atoms. The molecule has 0 saturated carbocycles. The fourth-order valence-corrected chi connectivity index (χ4v) is 5.02. The van der Waals surface area contributed by atoms with E-state index in [4.69, 9.17) is 0 Å². The molecular formula is C20H23N3O3S2. The predicted molar refractivity (Wildman–Crippen MR) is 112 cm³/mol. The van der Waals surface area contributed by atoms with Crippen LogP contribution < -0.4 is 4.80 Å². The average molecular weight is 418 g/mol. The summed E-state index contributed by atoms with van der Waals surface area (Å²) < 4.78 is 29.4. The summed E-state index contributed by atoms with van der Waals surface area (Å²) in [6.45, 7) is 2.48. The van der Waals surface area contributed by atoms with Gasteiger partial charge in [-0.25, -0.2) is 12.7 Å². The van der Waals surface area contributed by atoms with Crippen LogP contribution in [0.4, 0.5) is 0 Å². The second-order valence-corrected chi connectivity index (χ2v) is 9.59. The number of hydrogen-bond acceptors (Lipinski definition) is 4. The molecule has 3 rings (SSSR count). The molecule has 0 aliphatic rings. The van der Waals surface area contributed by atoms with Gasteiger partial charge < -0.3 is 4.57 Å². The summed E-state index contributed by atoms with van der Waals surface area (Å²) in [5.41, 5.74) is 1.36. The molecule has 0 saturated heterocycles. The van der Waals surface area contributed by atoms with Gasteiger partial charge in [0.05, 0.1) is 15.1 Å². The first-order chi connectivity index (χ1) is 13.3. The van der Waals surface area contributed by atoms with E-state index in [1.165, 1.54) is 39.9 Å². The van der Waals surface area contributed by atoms with Gasteiger partial charge in [-0.1, -0.05) is 36.8 Å². The SMILES string of the molecule is CCCCN(C)S(=O)(=O)c1ccc(C(=O)N=c2sc3ccccc3n2C)cc1. The zero-order valence-corrected chi connectivity index (χ0v) is 17.8. The van der Waals surface area contributed by atoms with Gasteiger partial charge in [-0.15, -0.1) is 0 Å². The lowest BCUT2D eigenvalue weighted by molar-refractivity contribution is 0.0998. The molecule has 0 unspecified atom stereocenters. The number of fused-ring (bicyclic) bond motifs is 1. The molecule has 0 spiro atoms. The highest BCUT2D eigenvalue weighted by molar-refractivity contribution is 7.89. The molecule has 2 aromatic carbocycles. The number of thiazole rings is 1. The van der Waals surface area contributed by atoms with Crippen LogP contribution in [-0.2, 0) is 17.1 Å². The molecular weight excluding hydrogens is 394 g/mol. The quantitative estimate of drug-likeness (QED) is 0.617. The van der Waals surface area contributed by atoms with Gasteiger partial charge in [0.25, 0.3) is 5.91 Å². The maximum Gasteiger partial charge on any atom is 0.279 e. The minimum atomic E-state index is -3.55. The number of nitrogens with zero attached hydrogens (tertiary/aromatic N) is 3. The van der Waals surface area contributed by atoms with Crippen LogP contribution in [0.2, 0.25) is 0 Å². The minimum Gasteiger partial charge on any atom is -0.319 e. The lowest BCUT2D eigenvalue weighted by Crippen LogP contribution is -2.27. The van der Waals surface area contributed by atoms with E-state index in [-0.39, 0.29) is 4.90 Å². The Morgan fingerprint density at radius 3 is 2.46 bits per heavy atom. The topological polar surface area (TPSA) is 71.7 Å². The Labute approximate surface area is 168 Å². The zero-order chi connectivity index (χ0) is 20.3. The molecule has 3 aromatic rings. The molecule has 1 aromatic heterocycles. The van der Waals surface area contributed by atoms with E-state index in [1.807, 2.05) is 42.8 Å². The summed E-state index contributed by atoms with van der Waals surface area (Å²) in [6, 6.07) is 13.8. The molecule has 0 aliphatic carbocycles. The smallest absolute Gasteiger partial charge is 0.279 e. The summed E-state index contributed by atoms with van der Waals surface area (Å²) in [6.07, 6.45) is 1.72. The molecule has 0 N–H and O–H groups in total. The molecule has 1 amide bonds. The maximum absolute atomic E-state index is 12.6. The van der Waals surface area contributed by atoms with Crippen molar-refractivity contribution in [2.75, 3.05) is 13.6 Å². The number of carbonyl (C=O) groups is 1. The second kappa shape index (κ2) is 8.38. The lowest BCUT2D eigenvalue weighted by atomic mass is 10.2. The van der Waals surface area contributed by atoms with Gasteiger partial charge in [0.15, 0.2) is 4.80 Å². The number of benzene rings is 2. The van der Waals surface area contributed by atoms with Crippen LogP contribution in [0.1, 0.15) is 30.1 Å². The van der Waals surface area contributed by atoms with Gasteiger partial charge in [-0.3, -0.25) is 4.79 Å². The second-order valence-electron chi connectivity index (χ2n) is 6.53. The standard InChI is InChI=1S/C20H23N3O3S2/c1-4-5-14-22(2)28(25,26)16-12-10-15(11-13-16)19(24)21-20-23(3)17-8-6-7-9-18(17)27-20/h6-13H,4-5,14H2,1-3H3. The summed E-state index contributed by atoms with van der Waals surface area (Å²) in [7, 11) is -0.109. The summed E-state index contributed by atoms with van der Waals surface area (Å²) in [4.78, 5) is 17.5. The molecule has 0 aliphatic heterocycles. The number of carbonyl (C=O) groups excluding carboxylic acids is 1. The van der Waals surface area contributed by atoms with Crippen LogP contribution in [0, 0.1) is 0 Å². The van der Waals surface area contributed by atoms with E-state index in [0.717, 1.165) is 23.1 Å². The molecule has 8 heteroatoms. The number of hydrogen-bond donors (Lipinski definition) is 0. The highest BCUT2D eigenvalue weighted by atomic mass is 32.2. The van der Waals surface area contributed by atoms with Crippen LogP contribution in [0.5, 0.6) is 0 Å². The third-order valence-corrected chi connectivity index (χ3v) is 7.53. The van der Waals surface area contributed by atoms with Gasteiger partial charge >= 0.3 is 0 Å². The first-order valence-corrected chi connectivity index (χ1v) is 11.3. The fraction of sp³-hybridized carbons (Fsp3) is 0.300. The van der Waals surface area contributed by atoms with Crippen LogP contribution in [0.3, 0.4) is 0 Å². The van der Waals surface area contributed by atoms with Crippen molar-refractivity contribution in [1.82, 2.24) is 8.87 Å². The van der Waals surface area contributed by atoms with Crippen LogP contribution >= 0.6 is 11.3 Å². The number of amides is 1. The number of sulfonamides is 1. The monoisotopic (exact) mass is 417 g/mol. The van der Waals surface area contributed by atoms with Crippen molar-refractivity contribution in [3.8, 4) is 0 Å². The van der Waals surface area contributed by atoms with E-state index < -0.39 is 15.9 Å². The number of para-hydroxylation sites is 1. The Bertz CT molecular complexity index is 1160. The normalized spacial score (nSPS) is 12.8. The minimum absolute atomic E-state index is 0.176. The Morgan fingerprint density at radius 2 is 1.82 bits per heavy atom. The van der Waals surface area contributed by atoms with Gasteiger partial charge in [-0.05, 0) is 42.8 Å². The Morgan fingerprint density at radius 1 is 1.14 bits per heavy atom. The summed E-state index contributed by atoms with van der Waals surface area (Å²) in [5, 5.41) is 0. The Kier molecular flexibility index (Phi) is 6.12. The van der Waals surface area contributed by atoms with E-state index in [0.29, 0.717) is 16.9 Å². The van der Waals surface area contributed by atoms with Gasteiger partial charge in [0.1, 0.15) is 0 Å². The van der Waals surface area contributed by atoms with E-state index >= 15 is 0 Å². The van der Waals surface area contributed by atoms with Crippen molar-refractivity contribution < 1.29 is 13.2 Å². The highest BCUT2D eigenvalue weighted by Gasteiger charge is 2.20. The first-order valence-electron chi connectivity index (χ1n) is 9.04. The van der Waals surface area contributed by atoms with E-state index in [2.05, 4.69) is 4.99 Å². The lowest BCUT2D eigenvalue weighted by Gasteiger charge is -2.16. The number of aromatic nitrogens is 1. The third-order valence-electron chi connectivity index (χ3n) is 4.55. The largest absolute Gasteiger partial charge is 0.319 e. The number of aryl methyl sites for hydroxylation is 1.